The van der Waals surface area contributed by atoms with Crippen LogP contribution in [0.25, 0.3) is 5.78 Å². The summed E-state index contributed by atoms with van der Waals surface area (Å²) in [5.41, 5.74) is 1.21. The number of nitrogens with zero attached hydrogens (tertiary/aromatic N) is 5. The van der Waals surface area contributed by atoms with E-state index in [1.807, 2.05) is 12.1 Å². The summed E-state index contributed by atoms with van der Waals surface area (Å²) in [7, 11) is 0. The van der Waals surface area contributed by atoms with Crippen molar-refractivity contribution in [2.24, 2.45) is 0 Å². The minimum Gasteiger partial charge on any atom is -0.335 e. The Morgan fingerprint density at radius 2 is 2.22 bits per heavy atom. The summed E-state index contributed by atoms with van der Waals surface area (Å²) in [6.45, 7) is 0. The van der Waals surface area contributed by atoms with Crippen molar-refractivity contribution in [2.75, 3.05) is 5.84 Å². The van der Waals surface area contributed by atoms with Gasteiger partial charge in [-0.3, -0.25) is 0 Å². The molecule has 0 amide bonds. The normalized spacial score (nSPS) is 11.2. The Morgan fingerprint density at radius 1 is 1.33 bits per heavy atom. The molecule has 0 aliphatic carbocycles. The summed E-state index contributed by atoms with van der Waals surface area (Å²) in [5, 5.41) is 12.9. The molecular formula is C10H9BrN6S. The first-order valence-electron chi connectivity index (χ1n) is 5.15. The third kappa shape index (κ3) is 2.08. The maximum Gasteiger partial charge on any atom is 0.273 e. The van der Waals surface area contributed by atoms with Crippen LogP contribution in [0.2, 0.25) is 0 Å². The number of benzene rings is 1. The van der Waals surface area contributed by atoms with Crippen LogP contribution in [0.4, 0.5) is 0 Å². The lowest BCUT2D eigenvalue weighted by molar-refractivity contribution is 0.819. The third-order valence-corrected chi connectivity index (χ3v) is 3.86. The van der Waals surface area contributed by atoms with Gasteiger partial charge in [0.1, 0.15) is 6.33 Å². The van der Waals surface area contributed by atoms with Gasteiger partial charge in [-0.2, -0.15) is 9.61 Å². The van der Waals surface area contributed by atoms with Crippen molar-refractivity contribution in [1.29, 1.82) is 0 Å². The zero-order valence-electron chi connectivity index (χ0n) is 9.19. The predicted molar refractivity (Wildman–Crippen MR) is 72.6 cm³/mol. The average Bonchev–Trinajstić information content (AvgIpc) is 2.91. The van der Waals surface area contributed by atoms with Crippen LogP contribution in [0.3, 0.4) is 0 Å². The third-order valence-electron chi connectivity index (χ3n) is 2.38. The van der Waals surface area contributed by atoms with E-state index in [2.05, 4.69) is 43.4 Å². The second kappa shape index (κ2) is 4.62. The van der Waals surface area contributed by atoms with E-state index in [-0.39, 0.29) is 0 Å². The van der Waals surface area contributed by atoms with Crippen molar-refractivity contribution in [1.82, 2.24) is 24.5 Å². The summed E-state index contributed by atoms with van der Waals surface area (Å²) in [5.74, 6) is 6.97. The van der Waals surface area contributed by atoms with Gasteiger partial charge in [-0.1, -0.05) is 39.8 Å². The zero-order chi connectivity index (χ0) is 12.5. The molecule has 18 heavy (non-hydrogen) atoms. The fourth-order valence-corrected chi connectivity index (χ4v) is 2.81. The van der Waals surface area contributed by atoms with Gasteiger partial charge < -0.3 is 5.84 Å². The lowest BCUT2D eigenvalue weighted by atomic mass is 10.2. The van der Waals surface area contributed by atoms with E-state index >= 15 is 0 Å². The Balaban J connectivity index is 1.81. The highest BCUT2D eigenvalue weighted by atomic mass is 79.9. The minimum absolute atomic E-state index is 0.534. The van der Waals surface area contributed by atoms with Crippen LogP contribution in [0, 0.1) is 0 Å². The van der Waals surface area contributed by atoms with Gasteiger partial charge in [-0.25, -0.2) is 4.68 Å². The van der Waals surface area contributed by atoms with Gasteiger partial charge in [-0.05, 0) is 17.7 Å². The van der Waals surface area contributed by atoms with Crippen LogP contribution in [-0.4, -0.2) is 24.5 Å². The first-order chi connectivity index (χ1) is 8.74. The molecule has 0 spiro atoms. The highest BCUT2D eigenvalue weighted by Gasteiger charge is 2.10. The molecule has 8 heteroatoms. The maximum atomic E-state index is 5.63. The van der Waals surface area contributed by atoms with Crippen molar-refractivity contribution < 1.29 is 0 Å². The van der Waals surface area contributed by atoms with Crippen LogP contribution in [0.15, 0.2) is 40.2 Å². The minimum atomic E-state index is 0.534. The monoisotopic (exact) mass is 324 g/mol. The molecule has 0 saturated heterocycles. The Labute approximate surface area is 115 Å². The molecule has 0 bridgehead atoms. The first kappa shape index (κ1) is 11.5. The van der Waals surface area contributed by atoms with E-state index in [4.69, 9.17) is 5.84 Å². The summed E-state index contributed by atoms with van der Waals surface area (Å²) < 4.78 is 4.04. The molecular weight excluding hydrogens is 316 g/mol. The molecule has 0 aliphatic heterocycles. The summed E-state index contributed by atoms with van der Waals surface area (Å²) in [4.78, 5) is 0. The zero-order valence-corrected chi connectivity index (χ0v) is 11.6. The van der Waals surface area contributed by atoms with E-state index in [0.29, 0.717) is 5.78 Å². The number of hydrogen-bond acceptors (Lipinski definition) is 5. The van der Waals surface area contributed by atoms with Crippen molar-refractivity contribution in [3.05, 3.63) is 40.6 Å². The molecule has 92 valence electrons. The molecule has 0 radical (unpaired) electrons. The van der Waals surface area contributed by atoms with Gasteiger partial charge in [0.25, 0.3) is 5.78 Å². The Bertz CT molecular complexity index is 691. The number of aromatic nitrogens is 5. The summed E-state index contributed by atoms with van der Waals surface area (Å²) in [6, 6.07) is 8.15. The maximum absolute atomic E-state index is 5.63. The number of rotatable bonds is 3. The Hall–Kier alpha value is -1.54. The van der Waals surface area contributed by atoms with Crippen LogP contribution in [0.1, 0.15) is 5.56 Å². The van der Waals surface area contributed by atoms with Gasteiger partial charge in [0.05, 0.1) is 0 Å². The van der Waals surface area contributed by atoms with Crippen LogP contribution in [-0.2, 0) is 5.75 Å². The molecule has 0 fully saturated rings. The quantitative estimate of drug-likeness (QED) is 0.586. The van der Waals surface area contributed by atoms with Crippen molar-refractivity contribution >= 4 is 33.5 Å². The highest BCUT2D eigenvalue weighted by molar-refractivity contribution is 9.10. The molecule has 0 atom stereocenters. The van der Waals surface area contributed by atoms with E-state index in [1.54, 1.807) is 16.3 Å². The highest BCUT2D eigenvalue weighted by Crippen LogP contribution is 2.22. The molecule has 0 saturated carbocycles. The molecule has 1 aromatic carbocycles. The van der Waals surface area contributed by atoms with Crippen molar-refractivity contribution in [3.63, 3.8) is 0 Å². The Morgan fingerprint density at radius 3 is 3.06 bits per heavy atom. The predicted octanol–water partition coefficient (Wildman–Crippen LogP) is 1.69. The second-order valence-corrected chi connectivity index (χ2v) is 5.51. The number of thioether (sulfide) groups is 1. The smallest absolute Gasteiger partial charge is 0.273 e. The molecule has 6 nitrogen and oxygen atoms in total. The Kier molecular flexibility index (Phi) is 2.96. The molecule has 3 aromatic rings. The number of nitrogens with two attached hydrogens (primary N) is 1. The van der Waals surface area contributed by atoms with Gasteiger partial charge in [0.2, 0.25) is 5.16 Å². The number of halogens is 1. The molecule has 2 aromatic heterocycles. The van der Waals surface area contributed by atoms with Gasteiger partial charge >= 0.3 is 0 Å². The van der Waals surface area contributed by atoms with E-state index in [1.165, 1.54) is 16.6 Å². The van der Waals surface area contributed by atoms with Crippen molar-refractivity contribution in [3.8, 4) is 0 Å². The largest absolute Gasteiger partial charge is 0.335 e. The molecule has 2 heterocycles. The van der Waals surface area contributed by atoms with Crippen LogP contribution >= 0.6 is 27.7 Å². The van der Waals surface area contributed by atoms with Crippen LogP contribution < -0.4 is 5.84 Å². The molecule has 0 unspecified atom stereocenters. The van der Waals surface area contributed by atoms with E-state index < -0.39 is 0 Å². The van der Waals surface area contributed by atoms with Gasteiger partial charge in [-0.15, -0.1) is 10.2 Å². The van der Waals surface area contributed by atoms with E-state index in [0.717, 1.165) is 15.4 Å². The summed E-state index contributed by atoms with van der Waals surface area (Å²) >= 11 is 5.02. The van der Waals surface area contributed by atoms with E-state index in [9.17, 15) is 0 Å². The average molecular weight is 325 g/mol. The van der Waals surface area contributed by atoms with Gasteiger partial charge in [0.15, 0.2) is 0 Å². The second-order valence-electron chi connectivity index (χ2n) is 3.65. The number of hydrogen-bond donors (Lipinski definition) is 1. The van der Waals surface area contributed by atoms with Gasteiger partial charge in [0, 0.05) is 10.2 Å². The molecule has 3 rings (SSSR count). The standard InChI is InChI=1S/C10H9BrN6S/c11-8-3-1-2-7(4-8)5-18-10-15-14-9-16(12)6-13-17(9)10/h1-4,6H,5,12H2. The van der Waals surface area contributed by atoms with Crippen LogP contribution in [0.5, 0.6) is 0 Å². The number of fused-ring (bicyclic) bond motifs is 1. The lowest BCUT2D eigenvalue weighted by Crippen LogP contribution is -2.06. The SMILES string of the molecule is Nn1cnn2c(SCc3cccc(Br)c3)nnc12. The molecule has 0 aliphatic rings. The fraction of sp³-hybridized carbons (Fsp3) is 0.100. The number of nitrogen functional groups attached to an aromatic ring is 1. The topological polar surface area (TPSA) is 74.0 Å². The lowest BCUT2D eigenvalue weighted by Gasteiger charge is -1.99. The molecule has 2 N–H and O–H groups in total. The fourth-order valence-electron chi connectivity index (χ4n) is 1.54. The first-order valence-corrected chi connectivity index (χ1v) is 6.93. The summed E-state index contributed by atoms with van der Waals surface area (Å²) in [6.07, 6.45) is 1.51. The van der Waals surface area contributed by atoms with Crippen molar-refractivity contribution in [2.45, 2.75) is 10.9 Å².